The first-order chi connectivity index (χ1) is 4.30. The summed E-state index contributed by atoms with van der Waals surface area (Å²) in [5, 5.41) is 8.75. The molecule has 1 aromatic heterocycles. The van der Waals surface area contributed by atoms with Crippen molar-refractivity contribution >= 4 is 0 Å². The van der Waals surface area contributed by atoms with Crippen molar-refractivity contribution in [2.24, 2.45) is 0 Å². The molecule has 0 aliphatic heterocycles. The zero-order valence-corrected chi connectivity index (χ0v) is 4.66. The number of aromatic amines is 1. The lowest BCUT2D eigenvalue weighted by molar-refractivity contribution is -0.376. The molecule has 1 heterocycles. The highest BCUT2D eigenvalue weighted by Gasteiger charge is 1.89. The summed E-state index contributed by atoms with van der Waals surface area (Å²) in [6.07, 6.45) is 2.94. The van der Waals surface area contributed by atoms with E-state index in [-0.39, 0.29) is 11.2 Å². The fourth-order valence-corrected chi connectivity index (χ4v) is 0.474. The molecule has 0 spiro atoms. The van der Waals surface area contributed by atoms with Gasteiger partial charge in [0, 0.05) is 6.07 Å². The highest BCUT2D eigenvalue weighted by atomic mass is 16.3. The molecule has 0 atom stereocenters. The molecule has 0 unspecified atom stereocenters. The maximum atomic E-state index is 10.5. The van der Waals surface area contributed by atoms with Crippen LogP contribution < -0.4 is 10.4 Å². The number of aromatic nitrogens is 1. The molecule has 0 aromatic carbocycles. The number of rotatable bonds is 0. The van der Waals surface area contributed by atoms with Crippen LogP contribution in [-0.4, -0.2) is 5.11 Å². The van der Waals surface area contributed by atoms with E-state index in [2.05, 4.69) is 4.98 Å². The van der Waals surface area contributed by atoms with Crippen LogP contribution in [0.25, 0.3) is 0 Å². The lowest BCUT2D eigenvalue weighted by Crippen LogP contribution is -1.94. The van der Waals surface area contributed by atoms with Gasteiger partial charge in [0.25, 0.3) is 0 Å². The number of aromatic hydroxyl groups is 1. The fraction of sp³-hybridized carbons (Fsp3) is 0. The maximum absolute atomic E-state index is 10.5. The molecule has 0 bridgehead atoms. The van der Waals surface area contributed by atoms with Crippen LogP contribution in [0.3, 0.4) is 0 Å². The van der Waals surface area contributed by atoms with Gasteiger partial charge < -0.3 is 5.11 Å². The van der Waals surface area contributed by atoms with E-state index in [1.165, 1.54) is 24.5 Å². The van der Waals surface area contributed by atoms with Crippen molar-refractivity contribution in [3.8, 4) is 5.75 Å². The quantitative estimate of drug-likeness (QED) is 0.510. The second-order valence-electron chi connectivity index (χ2n) is 1.58. The summed E-state index contributed by atoms with van der Waals surface area (Å²) in [7, 11) is 0. The Hall–Kier alpha value is -1.38. The topological polar surface area (TPSA) is 51.4 Å². The summed E-state index contributed by atoms with van der Waals surface area (Å²) in [6.45, 7) is 0. The standard InChI is InChI=1S/C6H5NO2/c8-5-1-3-7-4-2-6(5)9/h1-4H,(H,8,9)/p+1. The Labute approximate surface area is 51.6 Å². The summed E-state index contributed by atoms with van der Waals surface area (Å²) >= 11 is 0. The Morgan fingerprint density at radius 3 is 2.78 bits per heavy atom. The van der Waals surface area contributed by atoms with Crippen LogP contribution in [0.4, 0.5) is 0 Å². The van der Waals surface area contributed by atoms with Gasteiger partial charge in [-0.2, -0.15) is 0 Å². The molecule has 0 saturated carbocycles. The normalized spacial score (nSPS) is 8.89. The summed E-state index contributed by atoms with van der Waals surface area (Å²) in [5.41, 5.74) is -0.378. The van der Waals surface area contributed by atoms with Gasteiger partial charge in [-0.05, 0) is 0 Å². The monoisotopic (exact) mass is 124 g/mol. The highest BCUT2D eigenvalue weighted by molar-refractivity contribution is 5.13. The van der Waals surface area contributed by atoms with E-state index in [1.807, 2.05) is 0 Å². The molecule has 46 valence electrons. The number of hydrogen-bond donors (Lipinski definition) is 1. The van der Waals surface area contributed by atoms with Gasteiger partial charge in [0.05, 0.1) is 6.07 Å². The van der Waals surface area contributed by atoms with E-state index < -0.39 is 0 Å². The van der Waals surface area contributed by atoms with E-state index in [1.54, 1.807) is 0 Å². The lowest BCUT2D eigenvalue weighted by atomic mass is 10.5. The van der Waals surface area contributed by atoms with Crippen LogP contribution in [0, 0.1) is 0 Å². The predicted octanol–water partition coefficient (Wildman–Crippen LogP) is -0.434. The number of hydrogen-bond acceptors (Lipinski definition) is 2. The third kappa shape index (κ3) is 1.25. The van der Waals surface area contributed by atoms with Crippen LogP contribution in [0.5, 0.6) is 5.75 Å². The van der Waals surface area contributed by atoms with Gasteiger partial charge in [-0.15, -0.1) is 0 Å². The highest BCUT2D eigenvalue weighted by Crippen LogP contribution is 1.90. The van der Waals surface area contributed by atoms with Crippen molar-refractivity contribution in [2.45, 2.75) is 0 Å². The first-order valence-electron chi connectivity index (χ1n) is 2.50. The van der Waals surface area contributed by atoms with E-state index >= 15 is 0 Å². The molecular weight excluding hydrogens is 118 g/mol. The molecule has 9 heavy (non-hydrogen) atoms. The SMILES string of the molecule is O=c1cc[nH+]ccc1O. The molecule has 3 heteroatoms. The van der Waals surface area contributed by atoms with Crippen molar-refractivity contribution < 1.29 is 10.1 Å². The average Bonchev–Trinajstić information content (AvgIpc) is 1.99. The molecule has 2 N–H and O–H groups in total. The second-order valence-corrected chi connectivity index (χ2v) is 1.58. The molecule has 0 fully saturated rings. The molecule has 1 aromatic rings. The molecule has 3 nitrogen and oxygen atoms in total. The van der Waals surface area contributed by atoms with Crippen LogP contribution in [0.1, 0.15) is 0 Å². The van der Waals surface area contributed by atoms with Gasteiger partial charge >= 0.3 is 0 Å². The lowest BCUT2D eigenvalue weighted by Gasteiger charge is -1.72. The average molecular weight is 124 g/mol. The third-order valence-corrected chi connectivity index (χ3v) is 0.921. The molecule has 0 aliphatic carbocycles. The van der Waals surface area contributed by atoms with Crippen molar-refractivity contribution in [1.29, 1.82) is 0 Å². The summed E-state index contributed by atoms with van der Waals surface area (Å²) in [5.74, 6) is -0.240. The van der Waals surface area contributed by atoms with Crippen LogP contribution in [-0.2, 0) is 0 Å². The van der Waals surface area contributed by atoms with Gasteiger partial charge in [0.15, 0.2) is 18.1 Å². The molecule has 0 saturated heterocycles. The minimum atomic E-state index is -0.378. The van der Waals surface area contributed by atoms with E-state index in [9.17, 15) is 4.79 Å². The Kier molecular flexibility index (Phi) is 1.44. The maximum Gasteiger partial charge on any atom is 0.226 e. The first kappa shape index (κ1) is 5.75. The molecular formula is C6H6NO2+. The van der Waals surface area contributed by atoms with E-state index in [0.29, 0.717) is 0 Å². The number of H-pyrrole nitrogens is 1. The largest absolute Gasteiger partial charge is 0.504 e. The molecule has 0 amide bonds. The fourth-order valence-electron chi connectivity index (χ4n) is 0.474. The number of nitrogens with one attached hydrogen (secondary N) is 1. The predicted molar refractivity (Wildman–Crippen MR) is 30.9 cm³/mol. The Balaban J connectivity index is 3.42. The van der Waals surface area contributed by atoms with Gasteiger partial charge in [-0.3, -0.25) is 4.79 Å². The van der Waals surface area contributed by atoms with Gasteiger partial charge in [-0.1, -0.05) is 0 Å². The summed E-state index contributed by atoms with van der Waals surface area (Å²) in [4.78, 5) is 13.2. The zero-order chi connectivity index (χ0) is 6.69. The molecule has 1 rings (SSSR count). The van der Waals surface area contributed by atoms with Crippen LogP contribution in [0.15, 0.2) is 29.3 Å². The van der Waals surface area contributed by atoms with Crippen LogP contribution >= 0.6 is 0 Å². The van der Waals surface area contributed by atoms with Crippen LogP contribution in [0.2, 0.25) is 0 Å². The molecule has 0 radical (unpaired) electrons. The van der Waals surface area contributed by atoms with Crippen molar-refractivity contribution in [1.82, 2.24) is 0 Å². The Bertz CT molecular complexity index is 259. The zero-order valence-electron chi connectivity index (χ0n) is 4.66. The van der Waals surface area contributed by atoms with E-state index in [0.717, 1.165) is 0 Å². The van der Waals surface area contributed by atoms with E-state index in [4.69, 9.17) is 5.11 Å². The van der Waals surface area contributed by atoms with Gasteiger partial charge in [-0.25, -0.2) is 4.98 Å². The first-order valence-corrected chi connectivity index (χ1v) is 2.50. The smallest absolute Gasteiger partial charge is 0.226 e. The van der Waals surface area contributed by atoms with Crippen molar-refractivity contribution in [3.63, 3.8) is 0 Å². The van der Waals surface area contributed by atoms with Crippen molar-refractivity contribution in [2.75, 3.05) is 0 Å². The van der Waals surface area contributed by atoms with Gasteiger partial charge in [0.2, 0.25) is 5.43 Å². The summed E-state index contributed by atoms with van der Waals surface area (Å²) < 4.78 is 0. The Morgan fingerprint density at radius 1 is 1.33 bits per heavy atom. The molecule has 0 aliphatic rings. The Morgan fingerprint density at radius 2 is 2.00 bits per heavy atom. The third-order valence-electron chi connectivity index (χ3n) is 0.921. The second kappa shape index (κ2) is 2.26. The summed E-state index contributed by atoms with van der Waals surface area (Å²) in [6, 6.07) is 2.57. The minimum Gasteiger partial charge on any atom is -0.504 e. The van der Waals surface area contributed by atoms with Gasteiger partial charge in [0.1, 0.15) is 0 Å². The minimum absolute atomic E-state index is 0.240. The van der Waals surface area contributed by atoms with Crippen molar-refractivity contribution in [3.05, 3.63) is 34.7 Å².